The van der Waals surface area contributed by atoms with Crippen molar-refractivity contribution >= 4 is 22.9 Å². The fourth-order valence-corrected chi connectivity index (χ4v) is 3.06. The van der Waals surface area contributed by atoms with E-state index in [-0.39, 0.29) is 6.04 Å². The van der Waals surface area contributed by atoms with E-state index in [1.807, 2.05) is 17.8 Å². The van der Waals surface area contributed by atoms with E-state index in [1.165, 1.54) is 4.88 Å². The molecular weight excluding hydrogens is 268 g/mol. The molecular formula is C12H17ClN4S. The average molecular weight is 285 g/mol. The van der Waals surface area contributed by atoms with E-state index in [9.17, 15) is 0 Å². The summed E-state index contributed by atoms with van der Waals surface area (Å²) >= 11 is 7.59. The van der Waals surface area contributed by atoms with Gasteiger partial charge in [-0.05, 0) is 25.6 Å². The molecule has 0 amide bonds. The number of nitrogens with one attached hydrogen (secondary N) is 1. The number of hydrogen-bond acceptors (Lipinski definition) is 4. The van der Waals surface area contributed by atoms with Gasteiger partial charge >= 0.3 is 0 Å². The summed E-state index contributed by atoms with van der Waals surface area (Å²) < 4.78 is 2.79. The van der Waals surface area contributed by atoms with Crippen molar-refractivity contribution in [1.82, 2.24) is 20.1 Å². The van der Waals surface area contributed by atoms with Crippen LogP contribution in [0.4, 0.5) is 0 Å². The number of aryl methyl sites for hydroxylation is 1. The van der Waals surface area contributed by atoms with Gasteiger partial charge in [-0.25, -0.2) is 4.98 Å². The van der Waals surface area contributed by atoms with Gasteiger partial charge in [0.2, 0.25) is 0 Å². The largest absolute Gasteiger partial charge is 0.312 e. The third kappa shape index (κ3) is 3.10. The molecule has 2 aromatic rings. The van der Waals surface area contributed by atoms with Gasteiger partial charge in [0.15, 0.2) is 0 Å². The SMILES string of the molecule is CCCn1ncnc1CC(NC)c1ccc(Cl)s1. The zero-order valence-corrected chi connectivity index (χ0v) is 12.1. The minimum absolute atomic E-state index is 0.238. The number of halogens is 1. The van der Waals surface area contributed by atoms with Gasteiger partial charge in [0.25, 0.3) is 0 Å². The highest BCUT2D eigenvalue weighted by Gasteiger charge is 2.15. The summed E-state index contributed by atoms with van der Waals surface area (Å²) in [6.07, 6.45) is 3.51. The monoisotopic (exact) mass is 284 g/mol. The van der Waals surface area contributed by atoms with Crippen molar-refractivity contribution in [1.29, 1.82) is 0 Å². The van der Waals surface area contributed by atoms with Crippen molar-refractivity contribution < 1.29 is 0 Å². The Hall–Kier alpha value is -0.910. The number of thiophene rings is 1. The van der Waals surface area contributed by atoms with E-state index in [1.54, 1.807) is 17.7 Å². The second kappa shape index (κ2) is 6.31. The van der Waals surface area contributed by atoms with Crippen LogP contribution in [0.1, 0.15) is 30.1 Å². The van der Waals surface area contributed by atoms with Crippen LogP contribution >= 0.6 is 22.9 Å². The summed E-state index contributed by atoms with van der Waals surface area (Å²) in [4.78, 5) is 5.57. The van der Waals surface area contributed by atoms with E-state index in [2.05, 4.69) is 28.4 Å². The molecule has 4 nitrogen and oxygen atoms in total. The molecule has 0 saturated heterocycles. The van der Waals surface area contributed by atoms with Gasteiger partial charge in [-0.2, -0.15) is 5.10 Å². The van der Waals surface area contributed by atoms with E-state index >= 15 is 0 Å². The van der Waals surface area contributed by atoms with Crippen LogP contribution in [0.2, 0.25) is 4.34 Å². The molecule has 0 spiro atoms. The summed E-state index contributed by atoms with van der Waals surface area (Å²) in [7, 11) is 1.96. The first-order valence-electron chi connectivity index (χ1n) is 6.03. The zero-order chi connectivity index (χ0) is 13.0. The molecule has 1 unspecified atom stereocenters. The Morgan fingerprint density at radius 1 is 1.50 bits per heavy atom. The molecule has 6 heteroatoms. The molecule has 0 saturated carbocycles. The summed E-state index contributed by atoms with van der Waals surface area (Å²) in [6, 6.07) is 4.24. The van der Waals surface area contributed by atoms with E-state index in [4.69, 9.17) is 11.6 Å². The Labute approximate surface area is 116 Å². The lowest BCUT2D eigenvalue weighted by molar-refractivity contribution is 0.521. The average Bonchev–Trinajstić information content (AvgIpc) is 2.96. The summed E-state index contributed by atoms with van der Waals surface area (Å²) in [6.45, 7) is 3.05. The molecule has 1 atom stereocenters. The molecule has 98 valence electrons. The van der Waals surface area contributed by atoms with Gasteiger partial charge in [-0.3, -0.25) is 4.68 Å². The molecule has 1 N–H and O–H groups in total. The molecule has 2 heterocycles. The predicted molar refractivity (Wildman–Crippen MR) is 75.1 cm³/mol. The fourth-order valence-electron chi connectivity index (χ4n) is 1.89. The van der Waals surface area contributed by atoms with Crippen LogP contribution in [0.15, 0.2) is 18.5 Å². The van der Waals surface area contributed by atoms with Crippen LogP contribution in [-0.2, 0) is 13.0 Å². The number of nitrogens with zero attached hydrogens (tertiary/aromatic N) is 3. The summed E-state index contributed by atoms with van der Waals surface area (Å²) in [5.74, 6) is 1.01. The molecule has 0 radical (unpaired) electrons. The molecule has 18 heavy (non-hydrogen) atoms. The normalized spacial score (nSPS) is 12.8. The fraction of sp³-hybridized carbons (Fsp3) is 0.500. The number of rotatable bonds is 6. The maximum absolute atomic E-state index is 5.98. The van der Waals surface area contributed by atoms with Crippen molar-refractivity contribution in [3.63, 3.8) is 0 Å². The van der Waals surface area contributed by atoms with Crippen molar-refractivity contribution in [3.8, 4) is 0 Å². The van der Waals surface area contributed by atoms with Gasteiger partial charge in [-0.15, -0.1) is 11.3 Å². The first kappa shape index (κ1) is 13.5. The van der Waals surface area contributed by atoms with Crippen LogP contribution < -0.4 is 5.32 Å². The highest BCUT2D eigenvalue weighted by molar-refractivity contribution is 7.16. The van der Waals surface area contributed by atoms with E-state index in [0.29, 0.717) is 0 Å². The standard InChI is InChI=1S/C12H17ClN4S/c1-3-6-17-12(15-8-16-17)7-9(14-2)10-4-5-11(13)18-10/h4-5,8-9,14H,3,6-7H2,1-2H3. The number of likely N-dealkylation sites (N-methyl/N-ethyl adjacent to an activating group) is 1. The lowest BCUT2D eigenvalue weighted by Crippen LogP contribution is -2.20. The van der Waals surface area contributed by atoms with E-state index < -0.39 is 0 Å². The Morgan fingerprint density at radius 3 is 2.94 bits per heavy atom. The minimum atomic E-state index is 0.238. The summed E-state index contributed by atoms with van der Waals surface area (Å²) in [5.41, 5.74) is 0. The third-order valence-electron chi connectivity index (χ3n) is 2.80. The Bertz CT molecular complexity index is 494. The van der Waals surface area contributed by atoms with Gasteiger partial charge < -0.3 is 5.32 Å². The third-order valence-corrected chi connectivity index (χ3v) is 4.15. The van der Waals surface area contributed by atoms with Crippen molar-refractivity contribution in [2.24, 2.45) is 0 Å². The molecule has 2 rings (SSSR count). The van der Waals surface area contributed by atoms with Gasteiger partial charge in [0, 0.05) is 23.9 Å². The molecule has 0 aliphatic rings. The highest BCUT2D eigenvalue weighted by Crippen LogP contribution is 2.28. The van der Waals surface area contributed by atoms with Gasteiger partial charge in [0.05, 0.1) is 4.34 Å². The first-order valence-corrected chi connectivity index (χ1v) is 7.23. The minimum Gasteiger partial charge on any atom is -0.312 e. The summed E-state index contributed by atoms with van der Waals surface area (Å²) in [5, 5.41) is 7.56. The second-order valence-electron chi connectivity index (χ2n) is 4.09. The maximum atomic E-state index is 5.98. The van der Waals surface area contributed by atoms with Crippen molar-refractivity contribution in [2.75, 3.05) is 7.05 Å². The Balaban J connectivity index is 2.12. The number of aromatic nitrogens is 3. The van der Waals surface area contributed by atoms with Crippen LogP contribution in [0.5, 0.6) is 0 Å². The van der Waals surface area contributed by atoms with Crippen LogP contribution in [0.25, 0.3) is 0 Å². The Morgan fingerprint density at radius 2 is 2.33 bits per heavy atom. The number of hydrogen-bond donors (Lipinski definition) is 1. The van der Waals surface area contributed by atoms with E-state index in [0.717, 1.165) is 29.5 Å². The predicted octanol–water partition coefficient (Wildman–Crippen LogP) is 2.91. The van der Waals surface area contributed by atoms with Crippen LogP contribution in [-0.4, -0.2) is 21.8 Å². The molecule has 0 fully saturated rings. The van der Waals surface area contributed by atoms with Crippen LogP contribution in [0.3, 0.4) is 0 Å². The second-order valence-corrected chi connectivity index (χ2v) is 5.83. The quantitative estimate of drug-likeness (QED) is 0.887. The maximum Gasteiger partial charge on any atom is 0.138 e. The molecule has 0 aromatic carbocycles. The Kier molecular flexibility index (Phi) is 4.74. The topological polar surface area (TPSA) is 42.7 Å². The lowest BCUT2D eigenvalue weighted by Gasteiger charge is -2.14. The van der Waals surface area contributed by atoms with Gasteiger partial charge in [-0.1, -0.05) is 18.5 Å². The smallest absolute Gasteiger partial charge is 0.138 e. The molecule has 0 aliphatic heterocycles. The van der Waals surface area contributed by atoms with Gasteiger partial charge in [0.1, 0.15) is 12.2 Å². The molecule has 2 aromatic heterocycles. The lowest BCUT2D eigenvalue weighted by atomic mass is 10.1. The van der Waals surface area contributed by atoms with Crippen molar-refractivity contribution in [3.05, 3.63) is 33.5 Å². The highest BCUT2D eigenvalue weighted by atomic mass is 35.5. The molecule has 0 bridgehead atoms. The zero-order valence-electron chi connectivity index (χ0n) is 10.6. The first-order chi connectivity index (χ1) is 8.74. The van der Waals surface area contributed by atoms with Crippen molar-refractivity contribution in [2.45, 2.75) is 32.4 Å². The molecule has 0 aliphatic carbocycles. The van der Waals surface area contributed by atoms with Crippen LogP contribution in [0, 0.1) is 0 Å².